The highest BCUT2D eigenvalue weighted by Gasteiger charge is 2.21. The van der Waals surface area contributed by atoms with Crippen molar-refractivity contribution in [2.24, 2.45) is 4.99 Å². The summed E-state index contributed by atoms with van der Waals surface area (Å²) in [5.74, 6) is 3.59. The van der Waals surface area contributed by atoms with E-state index in [1.165, 1.54) is 12.4 Å². The molecule has 3 rings (SSSR count). The number of anilines is 1. The molecule has 1 aliphatic rings. The number of nitrogens with one attached hydrogen (secondary N) is 1. The molecule has 3 heterocycles. The summed E-state index contributed by atoms with van der Waals surface area (Å²) in [6.07, 6.45) is 16.1. The van der Waals surface area contributed by atoms with Crippen molar-refractivity contribution >= 4 is 28.7 Å². The molecule has 0 spiro atoms. The number of rotatable bonds is 5. The molecule has 2 aromatic heterocycles. The molecule has 128 valence electrons. The fourth-order valence-corrected chi connectivity index (χ4v) is 2.57. The second kappa shape index (κ2) is 8.11. The molecule has 0 aromatic carbocycles. The molecule has 0 saturated heterocycles. The second-order valence-corrected chi connectivity index (χ2v) is 5.17. The number of terminal acetylenes is 2. The van der Waals surface area contributed by atoms with Gasteiger partial charge < -0.3 is 19.7 Å². The number of hydrogen-bond acceptors (Lipinski definition) is 6. The van der Waals surface area contributed by atoms with Gasteiger partial charge in [-0.25, -0.2) is 4.99 Å². The third kappa shape index (κ3) is 3.69. The van der Waals surface area contributed by atoms with Crippen molar-refractivity contribution in [3.8, 4) is 25.2 Å². The van der Waals surface area contributed by atoms with Crippen LogP contribution >= 0.6 is 0 Å². The van der Waals surface area contributed by atoms with Crippen molar-refractivity contribution < 1.29 is 9.84 Å². The minimum absolute atomic E-state index is 0.156. The van der Waals surface area contributed by atoms with Gasteiger partial charge in [0.1, 0.15) is 17.9 Å². The summed E-state index contributed by atoms with van der Waals surface area (Å²) in [6, 6.07) is 3.11. The molecule has 0 radical (unpaired) electrons. The predicted molar refractivity (Wildman–Crippen MR) is 97.8 cm³/mol. The maximum atomic E-state index is 11.6. The first-order valence-electron chi connectivity index (χ1n) is 7.52. The van der Waals surface area contributed by atoms with Crippen molar-refractivity contribution in [1.82, 2.24) is 9.55 Å². The summed E-state index contributed by atoms with van der Waals surface area (Å²) >= 11 is 0. The van der Waals surface area contributed by atoms with Crippen LogP contribution in [0.4, 0.5) is 11.6 Å². The summed E-state index contributed by atoms with van der Waals surface area (Å²) in [4.78, 5) is 19.9. The molecule has 0 amide bonds. The van der Waals surface area contributed by atoms with E-state index in [-0.39, 0.29) is 18.4 Å². The van der Waals surface area contributed by atoms with Crippen molar-refractivity contribution in [3.63, 3.8) is 0 Å². The minimum atomic E-state index is -0.444. The van der Waals surface area contributed by atoms with Crippen molar-refractivity contribution in [2.45, 2.75) is 25.7 Å². The first kappa shape index (κ1) is 18.2. The van der Waals surface area contributed by atoms with E-state index in [9.17, 15) is 9.90 Å². The quantitative estimate of drug-likeness (QED) is 0.809. The molecule has 2 atom stereocenters. The van der Waals surface area contributed by atoms with Crippen molar-refractivity contribution in [1.29, 1.82) is 0 Å². The van der Waals surface area contributed by atoms with Crippen molar-refractivity contribution in [2.75, 3.05) is 11.9 Å². The molecule has 0 bridgehead atoms. The normalized spacial score (nSPS) is 13.9. The van der Waals surface area contributed by atoms with Gasteiger partial charge in [0.25, 0.3) is 5.56 Å². The number of aliphatic hydroxyl groups is 1. The first-order valence-corrected chi connectivity index (χ1v) is 7.52. The van der Waals surface area contributed by atoms with Gasteiger partial charge in [0.2, 0.25) is 0 Å². The van der Waals surface area contributed by atoms with Gasteiger partial charge >= 0.3 is 0 Å². The van der Waals surface area contributed by atoms with Gasteiger partial charge in [-0.05, 0) is 13.0 Å². The summed E-state index contributed by atoms with van der Waals surface area (Å²) in [6.45, 7) is 1.69. The van der Waals surface area contributed by atoms with Crippen LogP contribution in [0.15, 0.2) is 28.1 Å². The monoisotopic (exact) mass is 338 g/mol. The number of aliphatic hydroxyl groups excluding tert-OH is 1. The lowest BCUT2D eigenvalue weighted by Crippen LogP contribution is -2.22. The van der Waals surface area contributed by atoms with Crippen molar-refractivity contribution in [3.05, 3.63) is 28.7 Å². The van der Waals surface area contributed by atoms with Crippen LogP contribution in [0.2, 0.25) is 0 Å². The Morgan fingerprint density at radius 1 is 1.44 bits per heavy atom. The molecule has 2 aromatic rings. The van der Waals surface area contributed by atoms with E-state index < -0.39 is 6.10 Å². The van der Waals surface area contributed by atoms with Gasteiger partial charge in [-0.1, -0.05) is 0 Å². The Morgan fingerprint density at radius 2 is 2.20 bits per heavy atom. The number of aromatic nitrogens is 2. The lowest BCUT2D eigenvalue weighted by Gasteiger charge is -2.22. The molecule has 2 N–H and O–H groups in total. The summed E-state index contributed by atoms with van der Waals surface area (Å²) in [5.41, 5.74) is -0.324. The highest BCUT2D eigenvalue weighted by Crippen LogP contribution is 2.36. The average molecular weight is 338 g/mol. The van der Waals surface area contributed by atoms with Gasteiger partial charge in [-0.3, -0.25) is 4.79 Å². The maximum absolute atomic E-state index is 11.6. The van der Waals surface area contributed by atoms with Crippen LogP contribution in [0.5, 0.6) is 0 Å². The zero-order valence-electron chi connectivity index (χ0n) is 13.7. The maximum Gasteiger partial charge on any atom is 0.271 e. The Bertz CT molecular complexity index is 908. The van der Waals surface area contributed by atoms with E-state index in [0.717, 1.165) is 10.8 Å². The molecule has 7 heteroatoms. The smallest absolute Gasteiger partial charge is 0.271 e. The number of hydrogen-bond donors (Lipinski definition) is 2. The van der Waals surface area contributed by atoms with E-state index in [4.69, 9.17) is 11.2 Å². The van der Waals surface area contributed by atoms with Crippen LogP contribution < -0.4 is 10.9 Å². The van der Waals surface area contributed by atoms with Crippen LogP contribution in [0.3, 0.4) is 0 Å². The zero-order chi connectivity index (χ0) is 18.4. The lowest BCUT2D eigenvalue weighted by molar-refractivity contribution is -0.0612. The predicted octanol–water partition coefficient (Wildman–Crippen LogP) is 1.65. The van der Waals surface area contributed by atoms with Crippen LogP contribution in [0, 0.1) is 25.2 Å². The molecular formula is C18H18N4O3. The Morgan fingerprint density at radius 3 is 2.88 bits per heavy atom. The van der Waals surface area contributed by atoms with Gasteiger partial charge in [-0.15, -0.1) is 25.2 Å². The Labute approximate surface area is 145 Å². The average Bonchev–Trinajstić information content (AvgIpc) is 2.92. The molecular weight excluding hydrogens is 320 g/mol. The largest absolute Gasteiger partial charge is 0.394 e. The van der Waals surface area contributed by atoms with E-state index in [2.05, 4.69) is 34.1 Å². The van der Waals surface area contributed by atoms with Crippen LogP contribution in [-0.4, -0.2) is 33.7 Å². The van der Waals surface area contributed by atoms with Crippen LogP contribution in [0.1, 0.15) is 19.6 Å². The Hall–Kier alpha value is -3.13. The van der Waals surface area contributed by atoms with Gasteiger partial charge in [0.15, 0.2) is 0 Å². The Balaban J connectivity index is 0.00000109. The highest BCUT2D eigenvalue weighted by atomic mass is 16.5. The van der Waals surface area contributed by atoms with Crippen LogP contribution in [0.25, 0.3) is 10.8 Å². The molecule has 0 saturated carbocycles. The number of nitrogens with zero attached hydrogens (tertiary/aromatic N) is 3. The minimum Gasteiger partial charge on any atom is -0.394 e. The Kier molecular flexibility index (Phi) is 5.91. The topological polar surface area (TPSA) is 88.7 Å². The summed E-state index contributed by atoms with van der Waals surface area (Å²) in [7, 11) is 0. The SMILES string of the molecule is C#C.C#CC[C@@H](CO)O[C@H](C)n1cc2ccc(=O)nc3c2c1N=CN3. The lowest BCUT2D eigenvalue weighted by atomic mass is 10.2. The zero-order valence-corrected chi connectivity index (χ0v) is 13.7. The fraction of sp³-hybridized carbons (Fsp3) is 0.278. The van der Waals surface area contributed by atoms with E-state index in [1.54, 1.807) is 6.07 Å². The third-order valence-electron chi connectivity index (χ3n) is 3.62. The van der Waals surface area contributed by atoms with Gasteiger partial charge in [-0.2, -0.15) is 4.98 Å². The molecule has 0 unspecified atom stereocenters. The van der Waals surface area contributed by atoms with Gasteiger partial charge in [0.05, 0.1) is 24.4 Å². The van der Waals surface area contributed by atoms with Gasteiger partial charge in [0, 0.05) is 24.1 Å². The number of ether oxygens (including phenoxy) is 1. The summed E-state index contributed by atoms with van der Waals surface area (Å²) < 4.78 is 7.63. The third-order valence-corrected chi connectivity index (χ3v) is 3.62. The fourth-order valence-electron chi connectivity index (χ4n) is 2.57. The summed E-state index contributed by atoms with van der Waals surface area (Å²) in [5, 5.41) is 13.8. The molecule has 1 aliphatic heterocycles. The highest BCUT2D eigenvalue weighted by molar-refractivity contribution is 6.06. The second-order valence-electron chi connectivity index (χ2n) is 5.17. The number of aliphatic imine (C=N–C) groups is 1. The van der Waals surface area contributed by atoms with Crippen LogP contribution in [-0.2, 0) is 4.74 Å². The molecule has 0 aliphatic carbocycles. The van der Waals surface area contributed by atoms with E-state index >= 15 is 0 Å². The molecule has 7 nitrogen and oxygen atoms in total. The van der Waals surface area contributed by atoms with E-state index in [1.807, 2.05) is 17.7 Å². The first-order chi connectivity index (χ1) is 12.1. The molecule has 25 heavy (non-hydrogen) atoms. The molecule has 0 fully saturated rings. The standard InChI is InChI=1S/C16H16N4O3.C2H2/c1-3-4-12(8-21)23-10(2)20-7-11-5-6-13(22)19-15-14(11)16(20)18-9-17-15;1-2/h1,5-7,9-10,12,21H,4,8H2,2H3,(H,17,18,19,22);1-2H/t10-,12+;/m1./s1. The van der Waals surface area contributed by atoms with E-state index in [0.29, 0.717) is 18.1 Å².